The maximum absolute atomic E-state index is 13.9. The highest BCUT2D eigenvalue weighted by Crippen LogP contribution is 2.28. The minimum Gasteiger partial charge on any atom is -0.497 e. The summed E-state index contributed by atoms with van der Waals surface area (Å²) in [5.41, 5.74) is 0.772. The molecule has 12 heteroatoms. The molecule has 1 N–H and O–H groups in total. The van der Waals surface area contributed by atoms with Gasteiger partial charge in [0, 0.05) is 42.7 Å². The Morgan fingerprint density at radius 1 is 1.18 bits per heavy atom. The van der Waals surface area contributed by atoms with Crippen LogP contribution in [0, 0.1) is 0 Å². The third-order valence-corrected chi connectivity index (χ3v) is 8.37. The predicted octanol–water partition coefficient (Wildman–Crippen LogP) is 2.76. The molecule has 3 aromatic rings. The van der Waals surface area contributed by atoms with E-state index < -0.39 is 6.04 Å². The zero-order valence-corrected chi connectivity index (χ0v) is 23.7. The normalized spacial score (nSPS) is 17.0. The molecule has 11 nitrogen and oxygen atoms in total. The highest BCUT2D eigenvalue weighted by Gasteiger charge is 2.34. The first-order valence-corrected chi connectivity index (χ1v) is 14.8. The SMILES string of the molecule is COc1ccc(-c2nnn(CC(=O)N(CCCN3CCOCC3)C(C(=O)NC3CCCC3)c3cccs3)n2)cc1. The second-order valence-electron chi connectivity index (χ2n) is 10.2. The van der Waals surface area contributed by atoms with E-state index in [2.05, 4.69) is 25.6 Å². The molecular formula is C28H37N7O4S. The van der Waals surface area contributed by atoms with Gasteiger partial charge in [-0.05, 0) is 60.2 Å². The van der Waals surface area contributed by atoms with Gasteiger partial charge in [-0.3, -0.25) is 14.5 Å². The molecule has 3 heterocycles. The Hall–Kier alpha value is -3.35. The number of hydrogen-bond donors (Lipinski definition) is 1. The van der Waals surface area contributed by atoms with E-state index in [-0.39, 0.29) is 24.4 Å². The van der Waals surface area contributed by atoms with E-state index >= 15 is 0 Å². The lowest BCUT2D eigenvalue weighted by Crippen LogP contribution is -2.48. The number of aromatic nitrogens is 4. The van der Waals surface area contributed by atoms with Crippen LogP contribution in [0.25, 0.3) is 11.4 Å². The van der Waals surface area contributed by atoms with Gasteiger partial charge in [-0.1, -0.05) is 18.9 Å². The standard InChI is InChI=1S/C28H37N7O4S/c1-38-23-11-9-21(10-12-23)27-30-32-35(31-27)20-25(36)34(14-5-13-33-15-17-39-18-16-33)26(24-8-4-19-40-24)28(37)29-22-6-2-3-7-22/h4,8-12,19,22,26H,2-3,5-7,13-18,20H2,1H3,(H,29,37). The van der Waals surface area contributed by atoms with Crippen molar-refractivity contribution in [1.82, 2.24) is 35.3 Å². The van der Waals surface area contributed by atoms with Crippen LogP contribution >= 0.6 is 11.3 Å². The molecule has 1 saturated carbocycles. The van der Waals surface area contributed by atoms with Crippen LogP contribution in [0.4, 0.5) is 0 Å². The van der Waals surface area contributed by atoms with Crippen LogP contribution < -0.4 is 10.1 Å². The second kappa shape index (κ2) is 13.8. The van der Waals surface area contributed by atoms with Gasteiger partial charge in [0.2, 0.25) is 17.6 Å². The van der Waals surface area contributed by atoms with Gasteiger partial charge in [-0.25, -0.2) is 0 Å². The summed E-state index contributed by atoms with van der Waals surface area (Å²) < 4.78 is 10.7. The number of carbonyl (C=O) groups excluding carboxylic acids is 2. The van der Waals surface area contributed by atoms with Crippen molar-refractivity contribution in [2.75, 3.05) is 46.5 Å². The lowest BCUT2D eigenvalue weighted by atomic mass is 10.1. The first kappa shape index (κ1) is 28.2. The quantitative estimate of drug-likeness (QED) is 0.355. The Balaban J connectivity index is 1.34. The largest absolute Gasteiger partial charge is 0.497 e. The van der Waals surface area contributed by atoms with Gasteiger partial charge in [0.25, 0.3) is 0 Å². The first-order valence-electron chi connectivity index (χ1n) is 14.0. The number of methoxy groups -OCH3 is 1. The summed E-state index contributed by atoms with van der Waals surface area (Å²) in [6, 6.07) is 10.7. The molecule has 0 spiro atoms. The molecular weight excluding hydrogens is 530 g/mol. The molecule has 2 amide bonds. The Morgan fingerprint density at radius 2 is 1.95 bits per heavy atom. The highest BCUT2D eigenvalue weighted by molar-refractivity contribution is 7.10. The molecule has 2 aliphatic rings. The summed E-state index contributed by atoms with van der Waals surface area (Å²) in [7, 11) is 1.61. The van der Waals surface area contributed by atoms with Crippen molar-refractivity contribution in [2.24, 2.45) is 0 Å². The van der Waals surface area contributed by atoms with Crippen LogP contribution in [0.5, 0.6) is 5.75 Å². The number of rotatable bonds is 12. The van der Waals surface area contributed by atoms with Gasteiger partial charge in [-0.2, -0.15) is 4.80 Å². The minimum absolute atomic E-state index is 0.112. The Morgan fingerprint density at radius 3 is 2.65 bits per heavy atom. The molecule has 40 heavy (non-hydrogen) atoms. The number of morpholine rings is 1. The van der Waals surface area contributed by atoms with E-state index in [9.17, 15) is 9.59 Å². The van der Waals surface area contributed by atoms with Crippen molar-refractivity contribution in [3.63, 3.8) is 0 Å². The van der Waals surface area contributed by atoms with Crippen molar-refractivity contribution in [1.29, 1.82) is 0 Å². The van der Waals surface area contributed by atoms with Crippen LogP contribution in [-0.2, 0) is 20.9 Å². The van der Waals surface area contributed by atoms with Gasteiger partial charge in [0.1, 0.15) is 18.3 Å². The lowest BCUT2D eigenvalue weighted by molar-refractivity contribution is -0.142. The molecule has 1 aliphatic heterocycles. The van der Waals surface area contributed by atoms with Crippen molar-refractivity contribution < 1.29 is 19.1 Å². The molecule has 1 aromatic carbocycles. The number of nitrogens with one attached hydrogen (secondary N) is 1. The van der Waals surface area contributed by atoms with Crippen molar-refractivity contribution in [2.45, 2.75) is 50.7 Å². The summed E-state index contributed by atoms with van der Waals surface area (Å²) in [6.07, 6.45) is 4.93. The summed E-state index contributed by atoms with van der Waals surface area (Å²) in [4.78, 5) is 33.8. The summed E-state index contributed by atoms with van der Waals surface area (Å²) in [6.45, 7) is 4.36. The fourth-order valence-corrected chi connectivity index (χ4v) is 6.12. The number of thiophene rings is 1. The zero-order chi connectivity index (χ0) is 27.7. The molecule has 214 valence electrons. The second-order valence-corrected chi connectivity index (χ2v) is 11.2. The van der Waals surface area contributed by atoms with E-state index in [1.54, 1.807) is 12.0 Å². The number of benzene rings is 1. The van der Waals surface area contributed by atoms with Gasteiger partial charge in [0.05, 0.1) is 20.3 Å². The van der Waals surface area contributed by atoms with Gasteiger partial charge in [-0.15, -0.1) is 21.5 Å². The van der Waals surface area contributed by atoms with Crippen LogP contribution in [0.2, 0.25) is 0 Å². The summed E-state index contributed by atoms with van der Waals surface area (Å²) >= 11 is 1.49. The smallest absolute Gasteiger partial charge is 0.248 e. The number of amides is 2. The van der Waals surface area contributed by atoms with Crippen molar-refractivity contribution in [3.8, 4) is 17.1 Å². The highest BCUT2D eigenvalue weighted by atomic mass is 32.1. The summed E-state index contributed by atoms with van der Waals surface area (Å²) in [5, 5.41) is 17.9. The molecule has 2 aromatic heterocycles. The maximum Gasteiger partial charge on any atom is 0.248 e. The monoisotopic (exact) mass is 567 g/mol. The number of ether oxygens (including phenoxy) is 2. The Kier molecular flexibility index (Phi) is 9.74. The molecule has 0 radical (unpaired) electrons. The zero-order valence-electron chi connectivity index (χ0n) is 22.9. The van der Waals surface area contributed by atoms with Crippen LogP contribution in [0.3, 0.4) is 0 Å². The van der Waals surface area contributed by atoms with Gasteiger partial charge >= 0.3 is 0 Å². The van der Waals surface area contributed by atoms with Crippen molar-refractivity contribution >= 4 is 23.2 Å². The fraction of sp³-hybridized carbons (Fsp3) is 0.536. The number of hydrogen-bond acceptors (Lipinski definition) is 9. The third-order valence-electron chi connectivity index (χ3n) is 7.45. The van der Waals surface area contributed by atoms with E-state index in [4.69, 9.17) is 9.47 Å². The van der Waals surface area contributed by atoms with Crippen LogP contribution in [0.15, 0.2) is 41.8 Å². The van der Waals surface area contributed by atoms with E-state index in [0.717, 1.165) is 81.1 Å². The van der Waals surface area contributed by atoms with E-state index in [1.165, 1.54) is 16.1 Å². The maximum atomic E-state index is 13.9. The number of tetrazole rings is 1. The van der Waals surface area contributed by atoms with Crippen LogP contribution in [-0.4, -0.2) is 94.4 Å². The number of nitrogens with zero attached hydrogens (tertiary/aromatic N) is 6. The Bertz CT molecular complexity index is 1220. The predicted molar refractivity (Wildman–Crippen MR) is 151 cm³/mol. The third kappa shape index (κ3) is 7.23. The van der Waals surface area contributed by atoms with Gasteiger partial charge < -0.3 is 19.7 Å². The average Bonchev–Trinajstić information content (AvgIpc) is 3.77. The number of carbonyl (C=O) groups is 2. The molecule has 5 rings (SSSR count). The van der Waals surface area contributed by atoms with Crippen molar-refractivity contribution in [3.05, 3.63) is 46.7 Å². The minimum atomic E-state index is -0.706. The summed E-state index contributed by atoms with van der Waals surface area (Å²) in [5.74, 6) is 0.804. The molecule has 1 saturated heterocycles. The molecule has 2 fully saturated rings. The van der Waals surface area contributed by atoms with Crippen LogP contribution in [0.1, 0.15) is 43.0 Å². The van der Waals surface area contributed by atoms with Gasteiger partial charge in [0.15, 0.2) is 0 Å². The fourth-order valence-electron chi connectivity index (χ4n) is 5.29. The first-order chi connectivity index (χ1) is 19.6. The van der Waals surface area contributed by atoms with E-state index in [1.807, 2.05) is 41.8 Å². The molecule has 1 atom stereocenters. The Labute approximate surface area is 238 Å². The molecule has 1 aliphatic carbocycles. The molecule has 1 unspecified atom stereocenters. The molecule has 0 bridgehead atoms. The average molecular weight is 568 g/mol. The topological polar surface area (TPSA) is 115 Å². The van der Waals surface area contributed by atoms with E-state index in [0.29, 0.717) is 12.4 Å². The lowest BCUT2D eigenvalue weighted by Gasteiger charge is -2.32.